The number of carbonyl (C=O) groups excluding carboxylic acids is 2. The van der Waals surface area contributed by atoms with Crippen molar-refractivity contribution in [3.63, 3.8) is 0 Å². The number of phenols is 1. The number of carbonyl (C=O) groups is 4. The summed E-state index contributed by atoms with van der Waals surface area (Å²) >= 11 is 14.5. The number of benzene rings is 5. The number of aromatic carboxylic acids is 2. The van der Waals surface area contributed by atoms with Crippen molar-refractivity contribution in [3.05, 3.63) is 173 Å². The second-order valence-electron chi connectivity index (χ2n) is 33.5. The summed E-state index contributed by atoms with van der Waals surface area (Å²) in [6.45, 7) is 15.1. The second kappa shape index (κ2) is 49.7. The Kier molecular flexibility index (Phi) is 39.5. The van der Waals surface area contributed by atoms with Gasteiger partial charge in [0.2, 0.25) is 0 Å². The van der Waals surface area contributed by atoms with Crippen LogP contribution in [0, 0.1) is 11.8 Å². The van der Waals surface area contributed by atoms with Gasteiger partial charge in [-0.3, -0.25) is 51.1 Å². The molecule has 37 nitrogen and oxygen atoms in total. The number of fused-ring (bicyclic) bond motifs is 6. The van der Waals surface area contributed by atoms with Crippen molar-refractivity contribution in [1.29, 1.82) is 0 Å². The van der Waals surface area contributed by atoms with E-state index in [9.17, 15) is 77.1 Å². The topological polar surface area (TPSA) is 496 Å². The molecule has 5 aliphatic heterocycles. The molecule has 2 amide bonds. The summed E-state index contributed by atoms with van der Waals surface area (Å²) in [6, 6.07) is 16.3. The zero-order valence-electron chi connectivity index (χ0n) is 75.8. The fourth-order valence-electron chi connectivity index (χ4n) is 16.4. The SMILES string of the molecule is CC1=CC(C)(C)N=C2C=C3Oc4c(cc5c6c4CCCN6C(C)(C)C=C5C)C(c4c(Cl)cc(C(=O)NCCCCC(COP(C)(=O)O)COP(=O)(O)OCCOCCOCCOCCOCCOP(=O)(O)OCCOCCOCCOCCOCCOP(=O)(O)OCCCCCCNC(=O)c5ccc(-c6c7ccc(=O)cc-7oc7cc(O)ccc67)c(C(=O)O)c5)c(Cl)c4C(=O)O)C3C=C12. The third-order valence-corrected chi connectivity index (χ3v) is 26.6. The number of hydrogen-bond acceptors (Lipinski definition) is 29. The number of carboxylic acids is 2. The van der Waals surface area contributed by atoms with E-state index in [4.69, 9.17) is 107 Å². The lowest BCUT2D eigenvalue weighted by atomic mass is 9.70. The van der Waals surface area contributed by atoms with Crippen LogP contribution in [0.3, 0.4) is 0 Å². The molecule has 134 heavy (non-hydrogen) atoms. The molecule has 43 heteroatoms. The van der Waals surface area contributed by atoms with Crippen molar-refractivity contribution in [2.24, 2.45) is 16.8 Å². The molecule has 734 valence electrons. The average molecular weight is 1990 g/mol. The number of anilines is 1. The molecule has 7 aliphatic rings. The first kappa shape index (κ1) is 107. The molecule has 4 aromatic carbocycles. The van der Waals surface area contributed by atoms with Crippen LogP contribution in [0.4, 0.5) is 5.69 Å². The summed E-state index contributed by atoms with van der Waals surface area (Å²) in [5, 5.41) is 37.3. The van der Waals surface area contributed by atoms with Gasteiger partial charge < -0.3 is 102 Å². The van der Waals surface area contributed by atoms with Crippen LogP contribution in [0.15, 0.2) is 122 Å². The number of amides is 2. The number of dihydropyridines is 1. The van der Waals surface area contributed by atoms with E-state index in [0.717, 1.165) is 70.9 Å². The minimum absolute atomic E-state index is 0.00161. The number of halogens is 2. The van der Waals surface area contributed by atoms with Crippen molar-refractivity contribution < 1.29 is 151 Å². The first-order valence-corrected chi connectivity index (χ1v) is 51.5. The summed E-state index contributed by atoms with van der Waals surface area (Å²) in [7, 11) is -17.3. The minimum atomic E-state index is -4.65. The van der Waals surface area contributed by atoms with E-state index in [1.807, 2.05) is 26.8 Å². The highest BCUT2D eigenvalue weighted by Crippen LogP contribution is 2.59. The molecule has 0 saturated heterocycles. The van der Waals surface area contributed by atoms with Gasteiger partial charge in [-0.05, 0) is 156 Å². The third-order valence-electron chi connectivity index (χ3n) is 22.3. The Hall–Kier alpha value is -7.78. The molecule has 0 fully saturated rings. The van der Waals surface area contributed by atoms with E-state index in [1.165, 1.54) is 54.6 Å². The van der Waals surface area contributed by atoms with Crippen LogP contribution in [0.5, 0.6) is 11.5 Å². The normalized spacial score (nSPS) is 17.9. The Balaban J connectivity index is 0.465. The lowest BCUT2D eigenvalue weighted by Gasteiger charge is -2.48. The highest BCUT2D eigenvalue weighted by Gasteiger charge is 2.47. The molecule has 0 radical (unpaired) electrons. The van der Waals surface area contributed by atoms with Gasteiger partial charge in [0, 0.05) is 106 Å². The maximum atomic E-state index is 14.1. The van der Waals surface area contributed by atoms with E-state index >= 15 is 0 Å². The highest BCUT2D eigenvalue weighted by atomic mass is 35.5. The van der Waals surface area contributed by atoms with Gasteiger partial charge in [0.05, 0.1) is 196 Å². The van der Waals surface area contributed by atoms with Gasteiger partial charge in [-0.2, -0.15) is 0 Å². The van der Waals surface area contributed by atoms with E-state index in [2.05, 4.69) is 60.6 Å². The number of nitrogens with zero attached hydrogens (tertiary/aromatic N) is 2. The van der Waals surface area contributed by atoms with Crippen molar-refractivity contribution >= 4 is 106 Å². The summed E-state index contributed by atoms with van der Waals surface area (Å²) < 4.78 is 141. The van der Waals surface area contributed by atoms with E-state index in [-0.39, 0.29) is 236 Å². The molecular weight excluding hydrogens is 1870 g/mol. The molecule has 0 spiro atoms. The Bertz CT molecular complexity index is 5540. The number of hydrogen-bond donors (Lipinski definition) is 9. The maximum absolute atomic E-state index is 14.1. The standard InChI is InChI=1S/C91H118Cl2N4O33P4/c1-58-54-90(3,4)96-75-53-78-71(50-68(58)75)80(72-51-69-59(2)55-91(5,6)97-25-14-16-67(84(69)97)85(72)130-78)81-74(92)52-73(83(93)82(81)89(104)105)87(101)95-24-12-10-15-60(56-127-131(7,106)107)57-128-134(112,113)126-46-42-121-38-34-117-30-29-116-33-37-120-41-45-125-133(110,111)124-44-40-119-36-32-115-28-27-114-31-35-118-39-43-123-132(108,109)122-26-13-9-8-11-23-94-86(100)61-17-20-64(70(47-61)88(102)103)79-65-21-18-62(98)48-76(65)129-77-49-63(99)19-22-66(77)79/h17-22,47-55,60,71,80,98H,8-16,23-46,56-57H2,1-7H3,(H,94,100)(H,95,101)(H,102,103)(H,104,105)(H,106,107)(H,108,109)(H,110,111)(H,112,113). The van der Waals surface area contributed by atoms with E-state index < -0.39 is 84.7 Å². The van der Waals surface area contributed by atoms with E-state index in [0.29, 0.717) is 66.5 Å². The Morgan fingerprint density at radius 2 is 1.12 bits per heavy atom. The van der Waals surface area contributed by atoms with Gasteiger partial charge in [0.15, 0.2) is 5.43 Å². The highest BCUT2D eigenvalue weighted by molar-refractivity contribution is 7.51. The number of allylic oxidation sites excluding steroid dienone is 5. The van der Waals surface area contributed by atoms with Crippen LogP contribution in [0.25, 0.3) is 39.0 Å². The number of ether oxygens (including phenoxy) is 9. The number of rotatable bonds is 59. The average Bonchev–Trinajstić information content (AvgIpc) is 0.700. The molecule has 9 N–H and O–H groups in total. The number of unbranched alkanes of at least 4 members (excludes halogenated alkanes) is 4. The van der Waals surface area contributed by atoms with Crippen LogP contribution in [0.1, 0.15) is 163 Å². The zero-order chi connectivity index (χ0) is 96.6. The number of nitrogens with one attached hydrogen (secondary N) is 2. The monoisotopic (exact) mass is 1990 g/mol. The van der Waals surface area contributed by atoms with Crippen molar-refractivity contribution in [3.8, 4) is 33.9 Å². The van der Waals surface area contributed by atoms with Gasteiger partial charge in [-0.15, -0.1) is 0 Å². The predicted molar refractivity (Wildman–Crippen MR) is 498 cm³/mol. The molecule has 2 aliphatic carbocycles. The first-order valence-electron chi connectivity index (χ1n) is 44.2. The van der Waals surface area contributed by atoms with Gasteiger partial charge in [0.25, 0.3) is 11.8 Å². The summed E-state index contributed by atoms with van der Waals surface area (Å²) in [4.78, 5) is 114. The number of phenolic OH excluding ortho intramolecular Hbond substituents is 1. The predicted octanol–water partition coefficient (Wildman–Crippen LogP) is 14.9. The molecule has 5 heterocycles. The van der Waals surface area contributed by atoms with Gasteiger partial charge in [-0.1, -0.05) is 66.8 Å². The van der Waals surface area contributed by atoms with Crippen LogP contribution in [-0.2, 0) is 94.2 Å². The fourth-order valence-corrected chi connectivity index (χ4v) is 19.7. The fraction of sp³-hybridized carbons (Fsp3) is 0.516. The largest absolute Gasteiger partial charge is 0.508 e. The van der Waals surface area contributed by atoms with Gasteiger partial charge in [0.1, 0.15) is 28.6 Å². The van der Waals surface area contributed by atoms with Crippen LogP contribution in [-0.4, -0.2) is 254 Å². The van der Waals surface area contributed by atoms with Crippen molar-refractivity contribution in [2.75, 3.05) is 183 Å². The van der Waals surface area contributed by atoms with Crippen molar-refractivity contribution in [1.82, 2.24) is 10.6 Å². The minimum Gasteiger partial charge on any atom is -0.508 e. The Morgan fingerprint density at radius 3 is 1.69 bits per heavy atom. The van der Waals surface area contributed by atoms with Gasteiger partial charge in [-0.25, -0.2) is 23.3 Å². The molecule has 7 atom stereocenters. The second-order valence-corrected chi connectivity index (χ2v) is 40.5. The third kappa shape index (κ3) is 30.6. The van der Waals surface area contributed by atoms with Crippen molar-refractivity contribution in [2.45, 2.75) is 116 Å². The molecule has 7 unspecified atom stereocenters. The quantitative estimate of drug-likeness (QED) is 0.00972. The number of phosphoric acid groups is 3. The Morgan fingerprint density at radius 1 is 0.582 bits per heavy atom. The molecule has 0 bridgehead atoms. The smallest absolute Gasteiger partial charge is 0.472 e. The van der Waals surface area contributed by atoms with E-state index in [1.54, 1.807) is 6.07 Å². The number of aromatic hydroxyl groups is 1. The molecule has 11 rings (SSSR count). The lowest BCUT2D eigenvalue weighted by Crippen LogP contribution is -2.48. The van der Waals surface area contributed by atoms with Crippen LogP contribution >= 0.6 is 54.3 Å². The Labute approximate surface area is 786 Å². The zero-order valence-corrected chi connectivity index (χ0v) is 80.9. The van der Waals surface area contributed by atoms with Crippen LogP contribution in [0.2, 0.25) is 10.0 Å². The number of phosphoric ester groups is 3. The first-order chi connectivity index (χ1) is 63.8. The van der Waals surface area contributed by atoms with Crippen LogP contribution < -0.4 is 25.7 Å². The summed E-state index contributed by atoms with van der Waals surface area (Å²) in [5.74, 6) is -4.46. The molecular formula is C91H118Cl2N4O33P4. The molecule has 0 aromatic heterocycles. The maximum Gasteiger partial charge on any atom is 0.472 e. The summed E-state index contributed by atoms with van der Waals surface area (Å²) in [5.41, 5.74) is 7.68. The summed E-state index contributed by atoms with van der Waals surface area (Å²) in [6.07, 6.45) is 13.2. The molecule has 0 saturated carbocycles. The number of carboxylic acid groups (broad SMARTS) is 2. The van der Waals surface area contributed by atoms with Gasteiger partial charge >= 0.3 is 43.0 Å². The lowest BCUT2D eigenvalue weighted by molar-refractivity contribution is -0.0119. The number of aliphatic imine (C=N–C) groups is 1. The molecule has 4 aromatic rings.